The molecule has 0 aliphatic rings. The molecule has 0 aliphatic carbocycles. The lowest BCUT2D eigenvalue weighted by molar-refractivity contribution is 0.513. The highest BCUT2D eigenvalue weighted by Gasteiger charge is 2.04. The maximum absolute atomic E-state index is 3.63. The zero-order chi connectivity index (χ0) is 14.4. The molecule has 0 aliphatic heterocycles. The van der Waals surface area contributed by atoms with Gasteiger partial charge >= 0.3 is 0 Å². The molecule has 0 bridgehead atoms. The van der Waals surface area contributed by atoms with Crippen LogP contribution in [0, 0.1) is 13.8 Å². The van der Waals surface area contributed by atoms with E-state index >= 15 is 0 Å². The molecule has 1 nitrogen and oxygen atoms in total. The molecule has 0 saturated heterocycles. The Bertz CT molecular complexity index is 531. The Hall–Kier alpha value is -1.60. The Morgan fingerprint density at radius 2 is 1.75 bits per heavy atom. The lowest BCUT2D eigenvalue weighted by Crippen LogP contribution is -2.26. The van der Waals surface area contributed by atoms with Crippen LogP contribution in [0.3, 0.4) is 0 Å². The number of benzene rings is 2. The molecular formula is C19H25N. The summed E-state index contributed by atoms with van der Waals surface area (Å²) < 4.78 is 0. The Morgan fingerprint density at radius 3 is 2.45 bits per heavy atom. The van der Waals surface area contributed by atoms with Gasteiger partial charge in [-0.05, 0) is 50.3 Å². The molecule has 2 aromatic rings. The van der Waals surface area contributed by atoms with Crippen LogP contribution in [-0.2, 0) is 13.0 Å². The summed E-state index contributed by atoms with van der Waals surface area (Å²) in [5.74, 6) is 0. The number of aryl methyl sites for hydroxylation is 3. The molecule has 20 heavy (non-hydrogen) atoms. The summed E-state index contributed by atoms with van der Waals surface area (Å²) in [5.41, 5.74) is 5.55. The smallest absolute Gasteiger partial charge is 0.0210 e. The second kappa shape index (κ2) is 7.25. The Labute approximate surface area is 123 Å². The summed E-state index contributed by atoms with van der Waals surface area (Å²) in [4.78, 5) is 0. The average molecular weight is 267 g/mol. The van der Waals surface area contributed by atoms with E-state index in [2.05, 4.69) is 74.6 Å². The van der Waals surface area contributed by atoms with Gasteiger partial charge in [-0.25, -0.2) is 0 Å². The fourth-order valence-corrected chi connectivity index (χ4v) is 2.46. The van der Waals surface area contributed by atoms with Crippen molar-refractivity contribution in [2.45, 2.75) is 46.2 Å². The lowest BCUT2D eigenvalue weighted by atomic mass is 10.0. The highest BCUT2D eigenvalue weighted by molar-refractivity contribution is 5.30. The van der Waals surface area contributed by atoms with Gasteiger partial charge in [0, 0.05) is 12.6 Å². The third-order valence-electron chi connectivity index (χ3n) is 3.85. The highest BCUT2D eigenvalue weighted by atomic mass is 14.9. The summed E-state index contributed by atoms with van der Waals surface area (Å²) >= 11 is 0. The second-order valence-corrected chi connectivity index (χ2v) is 5.74. The van der Waals surface area contributed by atoms with Crippen molar-refractivity contribution in [3.63, 3.8) is 0 Å². The largest absolute Gasteiger partial charge is 0.310 e. The third-order valence-corrected chi connectivity index (χ3v) is 3.85. The van der Waals surface area contributed by atoms with Crippen LogP contribution < -0.4 is 5.32 Å². The lowest BCUT2D eigenvalue weighted by Gasteiger charge is -2.15. The molecule has 0 saturated carbocycles. The normalized spacial score (nSPS) is 12.3. The van der Waals surface area contributed by atoms with Crippen molar-refractivity contribution in [1.29, 1.82) is 0 Å². The minimum absolute atomic E-state index is 0.538. The zero-order valence-corrected chi connectivity index (χ0v) is 12.8. The van der Waals surface area contributed by atoms with Crippen molar-refractivity contribution in [2.75, 3.05) is 0 Å². The monoisotopic (exact) mass is 267 g/mol. The Balaban J connectivity index is 1.79. The molecule has 1 heteroatoms. The standard InChI is InChI=1S/C19H25N/c1-15-9-12-19(16(2)13-15)14-20-17(3)10-11-18-7-5-4-6-8-18/h4-9,12-13,17,20H,10-11,14H2,1-3H3. The summed E-state index contributed by atoms with van der Waals surface area (Å²) in [6.45, 7) is 7.57. The van der Waals surface area contributed by atoms with E-state index in [9.17, 15) is 0 Å². The average Bonchev–Trinajstić information content (AvgIpc) is 2.45. The molecule has 0 amide bonds. The summed E-state index contributed by atoms with van der Waals surface area (Å²) in [6.07, 6.45) is 2.32. The predicted octanol–water partition coefficient (Wildman–Crippen LogP) is 4.41. The van der Waals surface area contributed by atoms with Crippen molar-refractivity contribution < 1.29 is 0 Å². The second-order valence-electron chi connectivity index (χ2n) is 5.74. The van der Waals surface area contributed by atoms with Gasteiger partial charge in [0.2, 0.25) is 0 Å². The van der Waals surface area contributed by atoms with Gasteiger partial charge in [-0.2, -0.15) is 0 Å². The summed E-state index contributed by atoms with van der Waals surface area (Å²) in [6, 6.07) is 17.9. The fourth-order valence-electron chi connectivity index (χ4n) is 2.46. The first kappa shape index (κ1) is 14.8. The van der Waals surface area contributed by atoms with Crippen molar-refractivity contribution in [1.82, 2.24) is 5.32 Å². The van der Waals surface area contributed by atoms with Crippen LogP contribution in [0.1, 0.15) is 35.6 Å². The van der Waals surface area contributed by atoms with E-state index in [4.69, 9.17) is 0 Å². The molecule has 0 fully saturated rings. The van der Waals surface area contributed by atoms with Crippen LogP contribution >= 0.6 is 0 Å². The van der Waals surface area contributed by atoms with E-state index < -0.39 is 0 Å². The minimum Gasteiger partial charge on any atom is -0.310 e. The van der Waals surface area contributed by atoms with E-state index in [1.54, 1.807) is 0 Å². The van der Waals surface area contributed by atoms with Gasteiger partial charge in [0.25, 0.3) is 0 Å². The van der Waals surface area contributed by atoms with Gasteiger partial charge < -0.3 is 5.32 Å². The van der Waals surface area contributed by atoms with Crippen LogP contribution in [0.15, 0.2) is 48.5 Å². The van der Waals surface area contributed by atoms with Crippen LogP contribution in [0.4, 0.5) is 0 Å². The van der Waals surface area contributed by atoms with E-state index in [1.165, 1.54) is 28.7 Å². The number of hydrogen-bond donors (Lipinski definition) is 1. The molecule has 2 aromatic carbocycles. The quantitative estimate of drug-likeness (QED) is 0.817. The fraction of sp³-hybridized carbons (Fsp3) is 0.368. The molecule has 0 spiro atoms. The number of rotatable bonds is 6. The van der Waals surface area contributed by atoms with Gasteiger partial charge in [-0.3, -0.25) is 0 Å². The van der Waals surface area contributed by atoms with Gasteiger partial charge in [0.1, 0.15) is 0 Å². The molecule has 0 radical (unpaired) electrons. The van der Waals surface area contributed by atoms with Crippen LogP contribution in [0.25, 0.3) is 0 Å². The third kappa shape index (κ3) is 4.50. The number of nitrogens with one attached hydrogen (secondary N) is 1. The topological polar surface area (TPSA) is 12.0 Å². The first-order valence-corrected chi connectivity index (χ1v) is 7.48. The Kier molecular flexibility index (Phi) is 5.37. The number of hydrogen-bond acceptors (Lipinski definition) is 1. The zero-order valence-electron chi connectivity index (χ0n) is 12.8. The highest BCUT2D eigenvalue weighted by Crippen LogP contribution is 2.11. The molecule has 1 atom stereocenters. The van der Waals surface area contributed by atoms with E-state index in [-0.39, 0.29) is 0 Å². The van der Waals surface area contributed by atoms with Gasteiger partial charge in [-0.15, -0.1) is 0 Å². The molecule has 1 N–H and O–H groups in total. The molecule has 1 unspecified atom stereocenters. The summed E-state index contributed by atoms with van der Waals surface area (Å²) in [5, 5.41) is 3.63. The van der Waals surface area contributed by atoms with Crippen LogP contribution in [0.2, 0.25) is 0 Å². The first-order chi connectivity index (χ1) is 9.65. The van der Waals surface area contributed by atoms with E-state index in [1.807, 2.05) is 0 Å². The van der Waals surface area contributed by atoms with Gasteiger partial charge in [0.15, 0.2) is 0 Å². The minimum atomic E-state index is 0.538. The molecule has 106 valence electrons. The van der Waals surface area contributed by atoms with Crippen molar-refractivity contribution >= 4 is 0 Å². The van der Waals surface area contributed by atoms with Crippen LogP contribution in [0.5, 0.6) is 0 Å². The van der Waals surface area contributed by atoms with Gasteiger partial charge in [-0.1, -0.05) is 54.1 Å². The molecule has 0 heterocycles. The van der Waals surface area contributed by atoms with Crippen molar-refractivity contribution in [3.05, 3.63) is 70.8 Å². The predicted molar refractivity (Wildman–Crippen MR) is 87.0 cm³/mol. The van der Waals surface area contributed by atoms with E-state index in [0.717, 1.165) is 13.0 Å². The van der Waals surface area contributed by atoms with Crippen LogP contribution in [-0.4, -0.2) is 6.04 Å². The maximum atomic E-state index is 3.63. The maximum Gasteiger partial charge on any atom is 0.0210 e. The first-order valence-electron chi connectivity index (χ1n) is 7.48. The van der Waals surface area contributed by atoms with Crippen molar-refractivity contribution in [3.8, 4) is 0 Å². The SMILES string of the molecule is Cc1ccc(CNC(C)CCc2ccccc2)c(C)c1. The van der Waals surface area contributed by atoms with Gasteiger partial charge in [0.05, 0.1) is 0 Å². The van der Waals surface area contributed by atoms with Crippen molar-refractivity contribution in [2.24, 2.45) is 0 Å². The Morgan fingerprint density at radius 1 is 1.00 bits per heavy atom. The molecule has 2 rings (SSSR count). The summed E-state index contributed by atoms with van der Waals surface area (Å²) in [7, 11) is 0. The van der Waals surface area contributed by atoms with E-state index in [0.29, 0.717) is 6.04 Å². The molecule has 0 aromatic heterocycles. The molecular weight excluding hydrogens is 242 g/mol.